The van der Waals surface area contributed by atoms with Crippen LogP contribution in [-0.4, -0.2) is 69.4 Å². The van der Waals surface area contributed by atoms with E-state index < -0.39 is 0 Å². The van der Waals surface area contributed by atoms with E-state index in [2.05, 4.69) is 4.98 Å². The van der Waals surface area contributed by atoms with Crippen molar-refractivity contribution in [2.45, 2.75) is 12.6 Å². The van der Waals surface area contributed by atoms with E-state index in [0.717, 1.165) is 22.4 Å². The summed E-state index contributed by atoms with van der Waals surface area (Å²) in [6, 6.07) is 9.58. The van der Waals surface area contributed by atoms with Gasteiger partial charge >= 0.3 is 0 Å². The average molecular weight is 436 g/mol. The number of likely N-dealkylation sites (N-methyl/N-ethyl adjacent to an activating group) is 1. The van der Waals surface area contributed by atoms with Crippen LogP contribution in [-0.2, 0) is 11.3 Å². The molecule has 4 rings (SSSR count). The van der Waals surface area contributed by atoms with Crippen LogP contribution in [0.1, 0.15) is 11.7 Å². The smallest absolute Gasteiger partial charge is 0.246 e. The second kappa shape index (κ2) is 9.42. The Morgan fingerprint density at radius 1 is 1.19 bits per heavy atom. The molecule has 32 heavy (non-hydrogen) atoms. The van der Waals surface area contributed by atoms with Crippen molar-refractivity contribution in [3.63, 3.8) is 0 Å². The van der Waals surface area contributed by atoms with Crippen LogP contribution in [0.25, 0.3) is 22.4 Å². The van der Waals surface area contributed by atoms with Crippen LogP contribution in [0.2, 0.25) is 0 Å². The molecular weight excluding hydrogens is 409 g/mol. The summed E-state index contributed by atoms with van der Waals surface area (Å²) in [5.41, 5.74) is 4.03. The molecule has 3 aromatic rings. The number of pyridine rings is 1. The van der Waals surface area contributed by atoms with Gasteiger partial charge in [0, 0.05) is 42.7 Å². The fourth-order valence-corrected chi connectivity index (χ4v) is 3.90. The van der Waals surface area contributed by atoms with Gasteiger partial charge in [-0.25, -0.2) is 4.39 Å². The van der Waals surface area contributed by atoms with Gasteiger partial charge in [0.25, 0.3) is 0 Å². The van der Waals surface area contributed by atoms with Crippen molar-refractivity contribution < 1.29 is 14.3 Å². The SMILES string of the molecule is CN(C)C/C=C/C(=O)N1Cc2c(-c3ccncc3)c(-c3ccc(F)cc3)nn2[C@@H](CO)C1. The Morgan fingerprint density at radius 3 is 2.56 bits per heavy atom. The highest BCUT2D eigenvalue weighted by Crippen LogP contribution is 2.38. The molecular formula is C24H26FN5O2. The number of nitrogens with zero attached hydrogens (tertiary/aromatic N) is 5. The summed E-state index contributed by atoms with van der Waals surface area (Å²) in [5, 5.41) is 14.9. The van der Waals surface area contributed by atoms with Gasteiger partial charge in [0.15, 0.2) is 0 Å². The Labute approximate surface area is 186 Å². The lowest BCUT2D eigenvalue weighted by Gasteiger charge is -2.33. The first-order chi connectivity index (χ1) is 15.5. The standard InChI is InChI=1S/C24H26FN5O2/c1-28(2)13-3-4-22(32)29-14-20(16-31)30-21(15-29)23(17-9-11-26-12-10-17)24(27-30)18-5-7-19(25)8-6-18/h3-12,20,31H,13-16H2,1-2H3/b4-3+/t20-/m1/s1. The maximum absolute atomic E-state index is 13.5. The van der Waals surface area contributed by atoms with E-state index in [-0.39, 0.29) is 24.4 Å². The first-order valence-corrected chi connectivity index (χ1v) is 10.5. The summed E-state index contributed by atoms with van der Waals surface area (Å²) in [7, 11) is 3.88. The molecule has 0 bridgehead atoms. The Morgan fingerprint density at radius 2 is 1.91 bits per heavy atom. The van der Waals surface area contributed by atoms with Crippen LogP contribution >= 0.6 is 0 Å². The second-order valence-electron chi connectivity index (χ2n) is 8.08. The van der Waals surface area contributed by atoms with Gasteiger partial charge in [-0.3, -0.25) is 14.5 Å². The van der Waals surface area contributed by atoms with Crippen molar-refractivity contribution in [3.8, 4) is 22.4 Å². The average Bonchev–Trinajstić information content (AvgIpc) is 3.18. The minimum Gasteiger partial charge on any atom is -0.394 e. The molecule has 7 nitrogen and oxygen atoms in total. The lowest BCUT2D eigenvalue weighted by atomic mass is 9.98. The molecule has 166 valence electrons. The fourth-order valence-electron chi connectivity index (χ4n) is 3.90. The first-order valence-electron chi connectivity index (χ1n) is 10.5. The topological polar surface area (TPSA) is 74.5 Å². The predicted molar refractivity (Wildman–Crippen MR) is 120 cm³/mol. The molecule has 1 aromatic carbocycles. The number of carbonyl (C=O) groups excluding carboxylic acids is 1. The summed E-state index contributed by atoms with van der Waals surface area (Å²) in [4.78, 5) is 20.7. The number of rotatable bonds is 6. The first kappa shape index (κ1) is 21.9. The third-order valence-electron chi connectivity index (χ3n) is 5.47. The normalized spacial score (nSPS) is 16.0. The van der Waals surface area contributed by atoms with Gasteiger partial charge in [-0.05, 0) is 56.1 Å². The van der Waals surface area contributed by atoms with E-state index >= 15 is 0 Å². The summed E-state index contributed by atoms with van der Waals surface area (Å²) in [6.45, 7) is 1.22. The zero-order valence-electron chi connectivity index (χ0n) is 18.1. The molecule has 0 radical (unpaired) electrons. The zero-order valence-corrected chi connectivity index (χ0v) is 18.1. The highest BCUT2D eigenvalue weighted by molar-refractivity contribution is 5.88. The molecule has 1 N–H and O–H groups in total. The zero-order chi connectivity index (χ0) is 22.7. The van der Waals surface area contributed by atoms with E-state index in [1.807, 2.05) is 41.9 Å². The molecule has 8 heteroatoms. The summed E-state index contributed by atoms with van der Waals surface area (Å²) >= 11 is 0. The van der Waals surface area contributed by atoms with E-state index in [1.54, 1.807) is 35.5 Å². The van der Waals surface area contributed by atoms with Crippen LogP contribution in [0.5, 0.6) is 0 Å². The molecule has 3 heterocycles. The number of aromatic nitrogens is 3. The predicted octanol–water partition coefficient (Wildman–Crippen LogP) is 2.74. The van der Waals surface area contributed by atoms with Gasteiger partial charge in [0.2, 0.25) is 5.91 Å². The Balaban J connectivity index is 1.79. The van der Waals surface area contributed by atoms with Crippen LogP contribution in [0.3, 0.4) is 0 Å². The van der Waals surface area contributed by atoms with E-state index in [4.69, 9.17) is 5.10 Å². The third-order valence-corrected chi connectivity index (χ3v) is 5.47. The van der Waals surface area contributed by atoms with Gasteiger partial charge in [-0.2, -0.15) is 5.10 Å². The number of halogens is 1. The number of fused-ring (bicyclic) bond motifs is 1. The number of carbonyl (C=O) groups is 1. The largest absolute Gasteiger partial charge is 0.394 e. The molecule has 1 aliphatic rings. The van der Waals surface area contributed by atoms with Gasteiger partial charge in [0.05, 0.1) is 24.9 Å². The van der Waals surface area contributed by atoms with E-state index in [1.165, 1.54) is 12.1 Å². The Bertz CT molecular complexity index is 1110. The van der Waals surface area contributed by atoms with Gasteiger partial charge in [0.1, 0.15) is 11.5 Å². The molecule has 1 amide bonds. The molecule has 0 spiro atoms. The van der Waals surface area contributed by atoms with Crippen molar-refractivity contribution in [1.29, 1.82) is 0 Å². The molecule has 0 fully saturated rings. The summed E-state index contributed by atoms with van der Waals surface area (Å²) in [5.74, 6) is -0.431. The monoisotopic (exact) mass is 435 g/mol. The van der Waals surface area contributed by atoms with Crippen molar-refractivity contribution in [3.05, 3.63) is 72.5 Å². The molecule has 2 aromatic heterocycles. The molecule has 0 aliphatic carbocycles. The number of amides is 1. The minimum absolute atomic E-state index is 0.109. The van der Waals surface area contributed by atoms with Gasteiger partial charge in [-0.1, -0.05) is 6.08 Å². The van der Waals surface area contributed by atoms with Crippen LogP contribution in [0.15, 0.2) is 60.9 Å². The summed E-state index contributed by atoms with van der Waals surface area (Å²) in [6.07, 6.45) is 6.81. The van der Waals surface area contributed by atoms with E-state index in [9.17, 15) is 14.3 Å². The molecule has 0 unspecified atom stereocenters. The van der Waals surface area contributed by atoms with Crippen LogP contribution < -0.4 is 0 Å². The van der Waals surface area contributed by atoms with Crippen molar-refractivity contribution in [1.82, 2.24) is 24.6 Å². The van der Waals surface area contributed by atoms with Crippen molar-refractivity contribution >= 4 is 5.91 Å². The quantitative estimate of drug-likeness (QED) is 0.603. The second-order valence-corrected chi connectivity index (χ2v) is 8.08. The number of hydrogen-bond donors (Lipinski definition) is 1. The molecule has 0 saturated heterocycles. The molecule has 1 atom stereocenters. The van der Waals surface area contributed by atoms with Crippen LogP contribution in [0.4, 0.5) is 4.39 Å². The molecule has 0 saturated carbocycles. The molecule has 1 aliphatic heterocycles. The highest BCUT2D eigenvalue weighted by atomic mass is 19.1. The number of aliphatic hydroxyl groups excluding tert-OH is 1. The lowest BCUT2D eigenvalue weighted by Crippen LogP contribution is -2.42. The number of hydrogen-bond acceptors (Lipinski definition) is 5. The van der Waals surface area contributed by atoms with Crippen molar-refractivity contribution in [2.75, 3.05) is 33.8 Å². The Hall–Kier alpha value is -3.36. The fraction of sp³-hybridized carbons (Fsp3) is 0.292. The van der Waals surface area contributed by atoms with Gasteiger partial charge < -0.3 is 14.9 Å². The highest BCUT2D eigenvalue weighted by Gasteiger charge is 2.32. The van der Waals surface area contributed by atoms with Gasteiger partial charge in [-0.15, -0.1) is 0 Å². The van der Waals surface area contributed by atoms with Crippen molar-refractivity contribution in [2.24, 2.45) is 0 Å². The summed E-state index contributed by atoms with van der Waals surface area (Å²) < 4.78 is 15.3. The van der Waals surface area contributed by atoms with E-state index in [0.29, 0.717) is 25.3 Å². The number of aliphatic hydroxyl groups is 1. The lowest BCUT2D eigenvalue weighted by molar-refractivity contribution is -0.128. The maximum Gasteiger partial charge on any atom is 0.246 e. The third kappa shape index (κ3) is 4.46. The van der Waals surface area contributed by atoms with Crippen LogP contribution in [0, 0.1) is 5.82 Å². The maximum atomic E-state index is 13.5. The minimum atomic E-state index is -0.375. The Kier molecular flexibility index (Phi) is 6.43. The number of benzene rings is 1.